The Bertz CT molecular complexity index is 578. The normalized spacial score (nSPS) is 12.5. The van der Waals surface area contributed by atoms with Crippen molar-refractivity contribution in [1.82, 2.24) is 5.32 Å². The number of halogens is 4. The smallest absolute Gasteiger partial charge is 0.194 e. The van der Waals surface area contributed by atoms with Gasteiger partial charge in [-0.25, -0.2) is 13.2 Å². The van der Waals surface area contributed by atoms with Crippen LogP contribution in [0.5, 0.6) is 0 Å². The average molecular weight is 286 g/mol. The lowest BCUT2D eigenvalue weighted by atomic mass is 9.98. The predicted octanol–water partition coefficient (Wildman–Crippen LogP) is 4.07. The molecule has 100 valence electrons. The minimum absolute atomic E-state index is 0.293. The zero-order valence-corrected chi connectivity index (χ0v) is 10.8. The number of benzene rings is 2. The maximum atomic E-state index is 13.3. The molecule has 2 rings (SSSR count). The van der Waals surface area contributed by atoms with E-state index < -0.39 is 23.5 Å². The second kappa shape index (κ2) is 5.63. The third-order valence-corrected chi connectivity index (χ3v) is 3.05. The van der Waals surface area contributed by atoms with E-state index in [-0.39, 0.29) is 0 Å². The summed E-state index contributed by atoms with van der Waals surface area (Å²) < 4.78 is 39.5. The molecule has 5 heteroatoms. The summed E-state index contributed by atoms with van der Waals surface area (Å²) in [5, 5.41) is 3.44. The van der Waals surface area contributed by atoms with Gasteiger partial charge in [0.2, 0.25) is 0 Å². The molecule has 0 saturated heterocycles. The molecule has 0 saturated carbocycles. The van der Waals surface area contributed by atoms with E-state index in [1.807, 2.05) is 0 Å². The quantitative estimate of drug-likeness (QED) is 0.839. The second-order valence-electron chi connectivity index (χ2n) is 4.08. The highest BCUT2D eigenvalue weighted by molar-refractivity contribution is 6.30. The lowest BCUT2D eigenvalue weighted by molar-refractivity contribution is 0.443. The lowest BCUT2D eigenvalue weighted by Gasteiger charge is -2.18. The zero-order chi connectivity index (χ0) is 14.0. The molecule has 0 spiro atoms. The number of hydrogen-bond donors (Lipinski definition) is 1. The first-order chi connectivity index (χ1) is 9.02. The van der Waals surface area contributed by atoms with Crippen LogP contribution in [0.15, 0.2) is 36.4 Å². The van der Waals surface area contributed by atoms with Crippen LogP contribution in [0.1, 0.15) is 17.2 Å². The first kappa shape index (κ1) is 13.9. The maximum absolute atomic E-state index is 13.3. The van der Waals surface area contributed by atoms with Gasteiger partial charge in [-0.2, -0.15) is 0 Å². The minimum Gasteiger partial charge on any atom is -0.309 e. The molecule has 0 aromatic heterocycles. The zero-order valence-electron chi connectivity index (χ0n) is 10.1. The lowest BCUT2D eigenvalue weighted by Crippen LogP contribution is -2.18. The van der Waals surface area contributed by atoms with Gasteiger partial charge in [0.05, 0.1) is 6.04 Å². The first-order valence-corrected chi connectivity index (χ1v) is 5.98. The topological polar surface area (TPSA) is 12.0 Å². The molecule has 1 N–H and O–H groups in total. The largest absolute Gasteiger partial charge is 0.309 e. The van der Waals surface area contributed by atoms with Crippen molar-refractivity contribution in [3.63, 3.8) is 0 Å². The number of nitrogens with one attached hydrogen (secondary N) is 1. The third kappa shape index (κ3) is 2.91. The van der Waals surface area contributed by atoms with E-state index in [2.05, 4.69) is 5.32 Å². The summed E-state index contributed by atoms with van der Waals surface area (Å²) >= 11 is 5.89. The van der Waals surface area contributed by atoms with E-state index in [4.69, 9.17) is 11.6 Å². The summed E-state index contributed by atoms with van der Waals surface area (Å²) in [5.41, 5.74) is 1.03. The molecule has 0 aliphatic rings. The molecule has 0 aliphatic carbocycles. The molecule has 1 atom stereocenters. The summed E-state index contributed by atoms with van der Waals surface area (Å²) in [5.74, 6) is -3.89. The molecule has 2 aromatic rings. The van der Waals surface area contributed by atoms with E-state index in [0.717, 1.165) is 17.7 Å². The van der Waals surface area contributed by atoms with Crippen LogP contribution in [-0.2, 0) is 0 Å². The van der Waals surface area contributed by atoms with E-state index in [1.54, 1.807) is 31.3 Å². The van der Waals surface area contributed by atoms with Gasteiger partial charge in [0, 0.05) is 5.02 Å². The predicted molar refractivity (Wildman–Crippen MR) is 68.7 cm³/mol. The molecule has 19 heavy (non-hydrogen) atoms. The van der Waals surface area contributed by atoms with Crippen LogP contribution in [0.2, 0.25) is 5.02 Å². The first-order valence-electron chi connectivity index (χ1n) is 5.60. The molecule has 0 bridgehead atoms. The highest BCUT2D eigenvalue weighted by Crippen LogP contribution is 2.26. The van der Waals surface area contributed by atoms with Crippen molar-refractivity contribution < 1.29 is 13.2 Å². The van der Waals surface area contributed by atoms with Crippen LogP contribution in [-0.4, -0.2) is 7.05 Å². The summed E-state index contributed by atoms with van der Waals surface area (Å²) in [4.78, 5) is 0. The molecule has 2 aromatic carbocycles. The van der Waals surface area contributed by atoms with Crippen molar-refractivity contribution in [3.05, 3.63) is 70.0 Å². The van der Waals surface area contributed by atoms with Crippen molar-refractivity contribution in [1.29, 1.82) is 0 Å². The van der Waals surface area contributed by atoms with Gasteiger partial charge in [-0.05, 0) is 42.4 Å². The molecule has 0 aliphatic heterocycles. The third-order valence-electron chi connectivity index (χ3n) is 2.81. The second-order valence-corrected chi connectivity index (χ2v) is 4.51. The molecule has 0 amide bonds. The van der Waals surface area contributed by atoms with E-state index >= 15 is 0 Å². The highest BCUT2D eigenvalue weighted by atomic mass is 35.5. The fourth-order valence-electron chi connectivity index (χ4n) is 1.95. The Balaban J connectivity index is 2.48. The molecule has 0 radical (unpaired) electrons. The van der Waals surface area contributed by atoms with Crippen molar-refractivity contribution in [3.8, 4) is 0 Å². The average Bonchev–Trinajstić information content (AvgIpc) is 2.37. The van der Waals surface area contributed by atoms with Crippen molar-refractivity contribution >= 4 is 11.6 Å². The summed E-state index contributed by atoms with van der Waals surface area (Å²) in [6.45, 7) is 0. The molecule has 1 nitrogen and oxygen atoms in total. The monoisotopic (exact) mass is 285 g/mol. The van der Waals surface area contributed by atoms with Crippen molar-refractivity contribution in [2.45, 2.75) is 6.04 Å². The van der Waals surface area contributed by atoms with Gasteiger partial charge in [0.15, 0.2) is 17.5 Å². The Hall–Kier alpha value is -1.52. The van der Waals surface area contributed by atoms with Crippen molar-refractivity contribution in [2.75, 3.05) is 7.05 Å². The molecule has 0 heterocycles. The van der Waals surface area contributed by atoms with E-state index in [1.165, 1.54) is 0 Å². The summed E-state index contributed by atoms with van der Waals surface area (Å²) in [6.07, 6.45) is 0. The van der Waals surface area contributed by atoms with E-state index in [0.29, 0.717) is 10.6 Å². The van der Waals surface area contributed by atoms with Crippen LogP contribution in [0, 0.1) is 17.5 Å². The Kier molecular flexibility index (Phi) is 4.12. The standard InChI is InChI=1S/C14H11ClF3N/c1-19-14(8-3-2-4-10(15)5-8)9-6-11(16)13(18)12(17)7-9/h2-7,14,19H,1H3. The van der Waals surface area contributed by atoms with Gasteiger partial charge in [-0.3, -0.25) is 0 Å². The van der Waals surface area contributed by atoms with Crippen LogP contribution >= 0.6 is 11.6 Å². The molecular weight excluding hydrogens is 275 g/mol. The number of rotatable bonds is 3. The van der Waals surface area contributed by atoms with Crippen LogP contribution in [0.3, 0.4) is 0 Å². The van der Waals surface area contributed by atoms with Gasteiger partial charge < -0.3 is 5.32 Å². The Morgan fingerprint density at radius 1 is 1.00 bits per heavy atom. The molecular formula is C14H11ClF3N. The maximum Gasteiger partial charge on any atom is 0.194 e. The fraction of sp³-hybridized carbons (Fsp3) is 0.143. The van der Waals surface area contributed by atoms with Crippen LogP contribution < -0.4 is 5.32 Å². The Morgan fingerprint density at radius 3 is 2.16 bits per heavy atom. The summed E-state index contributed by atoms with van der Waals surface area (Å²) in [7, 11) is 1.64. The summed E-state index contributed by atoms with van der Waals surface area (Å²) in [6, 6.07) is 8.36. The van der Waals surface area contributed by atoms with Crippen molar-refractivity contribution in [2.24, 2.45) is 0 Å². The van der Waals surface area contributed by atoms with Crippen LogP contribution in [0.25, 0.3) is 0 Å². The van der Waals surface area contributed by atoms with Crippen LogP contribution in [0.4, 0.5) is 13.2 Å². The van der Waals surface area contributed by atoms with Gasteiger partial charge >= 0.3 is 0 Å². The fourth-order valence-corrected chi connectivity index (χ4v) is 2.15. The highest BCUT2D eigenvalue weighted by Gasteiger charge is 2.17. The van der Waals surface area contributed by atoms with E-state index in [9.17, 15) is 13.2 Å². The molecule has 0 fully saturated rings. The Morgan fingerprint density at radius 2 is 1.63 bits per heavy atom. The van der Waals surface area contributed by atoms with Gasteiger partial charge in [0.1, 0.15) is 0 Å². The van der Waals surface area contributed by atoms with Gasteiger partial charge in [-0.1, -0.05) is 23.7 Å². The minimum atomic E-state index is -1.47. The Labute approximate surface area is 114 Å². The molecule has 1 unspecified atom stereocenters. The van der Waals surface area contributed by atoms with Gasteiger partial charge in [0.25, 0.3) is 0 Å². The SMILES string of the molecule is CNC(c1cccc(Cl)c1)c1cc(F)c(F)c(F)c1. The number of hydrogen-bond acceptors (Lipinski definition) is 1. The van der Waals surface area contributed by atoms with Gasteiger partial charge in [-0.15, -0.1) is 0 Å².